The van der Waals surface area contributed by atoms with E-state index >= 15 is 0 Å². The first-order valence-corrected chi connectivity index (χ1v) is 5.11. The van der Waals surface area contributed by atoms with Crippen LogP contribution in [-0.4, -0.2) is 22.6 Å². The van der Waals surface area contributed by atoms with Gasteiger partial charge in [0.05, 0.1) is 0 Å². The van der Waals surface area contributed by atoms with Crippen LogP contribution in [0.2, 0.25) is 0 Å². The van der Waals surface area contributed by atoms with Crippen LogP contribution in [-0.2, 0) is 11.3 Å². The summed E-state index contributed by atoms with van der Waals surface area (Å²) in [6, 6.07) is 4.77. The highest BCUT2D eigenvalue weighted by molar-refractivity contribution is 5.85. The minimum absolute atomic E-state index is 0. The SMILES string of the molecule is CC(C)(CN)NC(=O)Cn1ccccc1=O.Cl. The Morgan fingerprint density at radius 2 is 2.12 bits per heavy atom. The van der Waals surface area contributed by atoms with Crippen molar-refractivity contribution in [3.63, 3.8) is 0 Å². The zero-order valence-corrected chi connectivity index (χ0v) is 10.8. The standard InChI is InChI=1S/C11H17N3O2.ClH/c1-11(2,8-12)13-9(15)7-14-6-4-3-5-10(14)16;/h3-6H,7-8,12H2,1-2H3,(H,13,15);1H. The van der Waals surface area contributed by atoms with Crippen LogP contribution >= 0.6 is 12.4 Å². The maximum atomic E-state index is 11.6. The zero-order valence-electron chi connectivity index (χ0n) is 9.97. The highest BCUT2D eigenvalue weighted by atomic mass is 35.5. The molecule has 0 radical (unpaired) electrons. The third kappa shape index (κ3) is 5.01. The molecule has 0 atom stereocenters. The molecule has 0 unspecified atom stereocenters. The largest absolute Gasteiger partial charge is 0.348 e. The topological polar surface area (TPSA) is 77.1 Å². The molecule has 0 aliphatic heterocycles. The number of hydrogen-bond donors (Lipinski definition) is 2. The van der Waals surface area contributed by atoms with Crippen molar-refractivity contribution in [2.75, 3.05) is 6.54 Å². The van der Waals surface area contributed by atoms with Crippen LogP contribution < -0.4 is 16.6 Å². The summed E-state index contributed by atoms with van der Waals surface area (Å²) >= 11 is 0. The molecule has 5 nitrogen and oxygen atoms in total. The minimum Gasteiger partial charge on any atom is -0.348 e. The molecule has 0 spiro atoms. The number of pyridine rings is 1. The summed E-state index contributed by atoms with van der Waals surface area (Å²) in [4.78, 5) is 23.0. The molecule has 0 saturated heterocycles. The van der Waals surface area contributed by atoms with Crippen LogP contribution in [0.4, 0.5) is 0 Å². The minimum atomic E-state index is -0.449. The monoisotopic (exact) mass is 259 g/mol. The summed E-state index contributed by atoms with van der Waals surface area (Å²) in [5, 5.41) is 2.76. The first kappa shape index (κ1) is 15.7. The van der Waals surface area contributed by atoms with Gasteiger partial charge < -0.3 is 15.6 Å². The molecule has 0 saturated carbocycles. The maximum Gasteiger partial charge on any atom is 0.250 e. The molecule has 6 heteroatoms. The van der Waals surface area contributed by atoms with E-state index in [1.807, 2.05) is 13.8 Å². The second kappa shape index (κ2) is 6.42. The fourth-order valence-corrected chi connectivity index (χ4v) is 1.21. The molecule has 1 aromatic rings. The van der Waals surface area contributed by atoms with E-state index in [9.17, 15) is 9.59 Å². The molecular weight excluding hydrogens is 242 g/mol. The van der Waals surface area contributed by atoms with Crippen molar-refractivity contribution in [1.29, 1.82) is 0 Å². The van der Waals surface area contributed by atoms with Crippen molar-refractivity contribution in [3.05, 3.63) is 34.7 Å². The smallest absolute Gasteiger partial charge is 0.250 e. The number of rotatable bonds is 4. The number of carbonyl (C=O) groups excluding carboxylic acids is 1. The van der Waals surface area contributed by atoms with E-state index in [0.717, 1.165) is 0 Å². The molecule has 96 valence electrons. The number of aromatic nitrogens is 1. The van der Waals surface area contributed by atoms with Gasteiger partial charge in [0.25, 0.3) is 5.56 Å². The third-order valence-electron chi connectivity index (χ3n) is 2.20. The van der Waals surface area contributed by atoms with Gasteiger partial charge in [-0.25, -0.2) is 0 Å². The van der Waals surface area contributed by atoms with Gasteiger partial charge in [-0.15, -0.1) is 12.4 Å². The van der Waals surface area contributed by atoms with Crippen LogP contribution in [0.25, 0.3) is 0 Å². The molecule has 3 N–H and O–H groups in total. The van der Waals surface area contributed by atoms with E-state index < -0.39 is 5.54 Å². The molecule has 0 aliphatic rings. The summed E-state index contributed by atoms with van der Waals surface area (Å²) < 4.78 is 1.35. The van der Waals surface area contributed by atoms with Crippen LogP contribution in [0.5, 0.6) is 0 Å². The van der Waals surface area contributed by atoms with Gasteiger partial charge >= 0.3 is 0 Å². The molecular formula is C11H18ClN3O2. The third-order valence-corrected chi connectivity index (χ3v) is 2.20. The molecule has 17 heavy (non-hydrogen) atoms. The van der Waals surface area contributed by atoms with Crippen molar-refractivity contribution in [3.8, 4) is 0 Å². The predicted molar refractivity (Wildman–Crippen MR) is 69.2 cm³/mol. The van der Waals surface area contributed by atoms with Crippen molar-refractivity contribution in [2.45, 2.75) is 25.9 Å². The number of hydrogen-bond acceptors (Lipinski definition) is 3. The average molecular weight is 260 g/mol. The number of halogens is 1. The Labute approximate surface area is 106 Å². The van der Waals surface area contributed by atoms with E-state index in [0.29, 0.717) is 6.54 Å². The second-order valence-corrected chi connectivity index (χ2v) is 4.30. The highest BCUT2D eigenvalue weighted by Gasteiger charge is 2.18. The van der Waals surface area contributed by atoms with E-state index in [-0.39, 0.29) is 30.4 Å². The van der Waals surface area contributed by atoms with E-state index in [2.05, 4.69) is 5.32 Å². The summed E-state index contributed by atoms with van der Waals surface area (Å²) in [5.41, 5.74) is 4.85. The van der Waals surface area contributed by atoms with E-state index in [1.54, 1.807) is 18.3 Å². The quantitative estimate of drug-likeness (QED) is 0.807. The Morgan fingerprint density at radius 1 is 1.47 bits per heavy atom. The van der Waals surface area contributed by atoms with Crippen LogP contribution in [0.3, 0.4) is 0 Å². The molecule has 0 bridgehead atoms. The summed E-state index contributed by atoms with van der Waals surface area (Å²) in [7, 11) is 0. The Kier molecular flexibility index (Phi) is 5.91. The average Bonchev–Trinajstić information content (AvgIpc) is 2.21. The van der Waals surface area contributed by atoms with Crippen molar-refractivity contribution in [2.24, 2.45) is 5.73 Å². The molecule has 1 rings (SSSR count). The molecule has 0 fully saturated rings. The first-order valence-electron chi connectivity index (χ1n) is 5.11. The lowest BCUT2D eigenvalue weighted by Gasteiger charge is -2.24. The van der Waals surface area contributed by atoms with Crippen LogP contribution in [0.1, 0.15) is 13.8 Å². The fourth-order valence-electron chi connectivity index (χ4n) is 1.21. The predicted octanol–water partition coefficient (Wildman–Crippen LogP) is 0.124. The van der Waals surface area contributed by atoms with Gasteiger partial charge in [-0.2, -0.15) is 0 Å². The first-order chi connectivity index (χ1) is 7.44. The van der Waals surface area contributed by atoms with Gasteiger partial charge in [-0.3, -0.25) is 9.59 Å². The molecule has 1 heterocycles. The van der Waals surface area contributed by atoms with Gasteiger partial charge in [0, 0.05) is 24.3 Å². The Balaban J connectivity index is 0.00000256. The van der Waals surface area contributed by atoms with Gasteiger partial charge in [0.1, 0.15) is 6.54 Å². The number of nitrogens with zero attached hydrogens (tertiary/aromatic N) is 1. The summed E-state index contributed by atoms with van der Waals surface area (Å²) in [6.45, 7) is 4.03. The van der Waals surface area contributed by atoms with Gasteiger partial charge in [0.15, 0.2) is 0 Å². The lowest BCUT2D eigenvalue weighted by Crippen LogP contribution is -2.50. The molecule has 1 amide bonds. The van der Waals surface area contributed by atoms with Gasteiger partial charge in [0.2, 0.25) is 5.91 Å². The van der Waals surface area contributed by atoms with Crippen LogP contribution in [0.15, 0.2) is 29.2 Å². The normalized spacial score (nSPS) is 10.5. The summed E-state index contributed by atoms with van der Waals surface area (Å²) in [5.74, 6) is -0.219. The van der Waals surface area contributed by atoms with Gasteiger partial charge in [-0.1, -0.05) is 6.07 Å². The highest BCUT2D eigenvalue weighted by Crippen LogP contribution is 1.98. The Hall–Kier alpha value is -1.33. The molecule has 1 aromatic heterocycles. The molecule has 0 aliphatic carbocycles. The summed E-state index contributed by atoms with van der Waals surface area (Å²) in [6.07, 6.45) is 1.58. The number of nitrogens with two attached hydrogens (primary N) is 1. The number of amides is 1. The second-order valence-electron chi connectivity index (χ2n) is 4.30. The number of carbonyl (C=O) groups is 1. The van der Waals surface area contributed by atoms with Crippen molar-refractivity contribution < 1.29 is 4.79 Å². The lowest BCUT2D eigenvalue weighted by molar-refractivity contribution is -0.123. The van der Waals surface area contributed by atoms with Crippen LogP contribution in [0, 0.1) is 0 Å². The molecule has 0 aromatic carbocycles. The Morgan fingerprint density at radius 3 is 2.65 bits per heavy atom. The maximum absolute atomic E-state index is 11.6. The van der Waals surface area contributed by atoms with Crippen molar-refractivity contribution in [1.82, 2.24) is 9.88 Å². The fraction of sp³-hybridized carbons (Fsp3) is 0.455. The number of nitrogens with one attached hydrogen (secondary N) is 1. The van der Waals surface area contributed by atoms with E-state index in [1.165, 1.54) is 10.6 Å². The Bertz CT molecular complexity index is 429. The zero-order chi connectivity index (χ0) is 12.2. The van der Waals surface area contributed by atoms with Gasteiger partial charge in [-0.05, 0) is 19.9 Å². The lowest BCUT2D eigenvalue weighted by atomic mass is 10.1. The van der Waals surface area contributed by atoms with Crippen molar-refractivity contribution >= 4 is 18.3 Å². The van der Waals surface area contributed by atoms with E-state index in [4.69, 9.17) is 5.73 Å².